The van der Waals surface area contributed by atoms with E-state index in [9.17, 15) is 10.4 Å². The number of methoxy groups -OCH3 is 1. The number of hydrogen-bond acceptors (Lipinski definition) is 6. The van der Waals surface area contributed by atoms with Crippen molar-refractivity contribution < 1.29 is 14.6 Å². The smallest absolute Gasteiger partial charge is 0.205 e. The molecule has 0 aromatic heterocycles. The normalized spacial score (nSPS) is 15.7. The number of ether oxygens (including phenoxy) is 2. The second kappa shape index (κ2) is 6.81. The molecule has 3 rings (SSSR count). The number of nitriles is 1. The van der Waals surface area contributed by atoms with Gasteiger partial charge in [0.2, 0.25) is 5.88 Å². The summed E-state index contributed by atoms with van der Waals surface area (Å²) in [6.45, 7) is 0. The van der Waals surface area contributed by atoms with Gasteiger partial charge in [-0.2, -0.15) is 5.26 Å². The van der Waals surface area contributed by atoms with Crippen molar-refractivity contribution >= 4 is 21.6 Å². The number of anilines is 1. The van der Waals surface area contributed by atoms with Crippen molar-refractivity contribution in [2.45, 2.75) is 5.92 Å². The quantitative estimate of drug-likeness (QED) is 0.797. The molecule has 1 atom stereocenters. The molecule has 7 heteroatoms. The van der Waals surface area contributed by atoms with Crippen molar-refractivity contribution in [3.05, 3.63) is 57.4 Å². The molecule has 6 nitrogen and oxygen atoms in total. The Balaban J connectivity index is 2.23. The van der Waals surface area contributed by atoms with Gasteiger partial charge in [0.1, 0.15) is 17.4 Å². The summed E-state index contributed by atoms with van der Waals surface area (Å²) in [5, 5.41) is 19.7. The molecule has 0 spiro atoms. The number of hydrogen-bond donors (Lipinski definition) is 2. The van der Waals surface area contributed by atoms with Crippen LogP contribution in [0.4, 0.5) is 5.69 Å². The van der Waals surface area contributed by atoms with Crippen LogP contribution >= 0.6 is 15.9 Å². The van der Waals surface area contributed by atoms with Crippen molar-refractivity contribution in [1.29, 1.82) is 5.26 Å². The molecule has 2 aromatic carbocycles. The largest absolute Gasteiger partial charge is 0.503 e. The summed E-state index contributed by atoms with van der Waals surface area (Å²) in [6, 6.07) is 11.4. The summed E-state index contributed by atoms with van der Waals surface area (Å²) >= 11 is 3.33. The zero-order valence-electron chi connectivity index (χ0n) is 14.6. The van der Waals surface area contributed by atoms with Crippen molar-refractivity contribution in [3.8, 4) is 23.3 Å². The minimum absolute atomic E-state index is 0.00180. The maximum Gasteiger partial charge on any atom is 0.205 e. The van der Waals surface area contributed by atoms with E-state index in [4.69, 9.17) is 15.2 Å². The first kappa shape index (κ1) is 18.0. The third-order valence-electron chi connectivity index (χ3n) is 4.32. The first-order chi connectivity index (χ1) is 12.4. The van der Waals surface area contributed by atoms with Crippen LogP contribution in [-0.4, -0.2) is 26.3 Å². The lowest BCUT2D eigenvalue weighted by molar-refractivity contribution is 0.370. The molecule has 1 unspecified atom stereocenters. The summed E-state index contributed by atoms with van der Waals surface area (Å²) < 4.78 is 11.4. The highest BCUT2D eigenvalue weighted by molar-refractivity contribution is 9.10. The third kappa shape index (κ3) is 2.93. The number of aromatic hydroxyl groups is 1. The van der Waals surface area contributed by atoms with Crippen LogP contribution in [0.2, 0.25) is 0 Å². The Kier molecular flexibility index (Phi) is 4.70. The molecule has 3 N–H and O–H groups in total. The van der Waals surface area contributed by atoms with Gasteiger partial charge in [-0.15, -0.1) is 0 Å². The fraction of sp³-hybridized carbons (Fsp3) is 0.211. The van der Waals surface area contributed by atoms with E-state index in [0.29, 0.717) is 21.5 Å². The Hall–Kier alpha value is -2.85. The van der Waals surface area contributed by atoms with E-state index in [1.807, 2.05) is 37.2 Å². The van der Waals surface area contributed by atoms with Gasteiger partial charge in [-0.1, -0.05) is 6.07 Å². The van der Waals surface area contributed by atoms with Gasteiger partial charge in [0, 0.05) is 31.4 Å². The van der Waals surface area contributed by atoms with Crippen LogP contribution in [0.5, 0.6) is 17.2 Å². The second-order valence-corrected chi connectivity index (χ2v) is 6.95. The zero-order valence-corrected chi connectivity index (χ0v) is 16.2. The van der Waals surface area contributed by atoms with Gasteiger partial charge in [-0.05, 0) is 39.7 Å². The molecule has 1 aliphatic heterocycles. The predicted molar refractivity (Wildman–Crippen MR) is 102 cm³/mol. The molecule has 26 heavy (non-hydrogen) atoms. The number of nitrogens with zero attached hydrogens (tertiary/aromatic N) is 2. The highest BCUT2D eigenvalue weighted by Gasteiger charge is 2.32. The molecule has 0 radical (unpaired) electrons. The zero-order chi connectivity index (χ0) is 19.0. The van der Waals surface area contributed by atoms with Crippen molar-refractivity contribution in [2.75, 3.05) is 26.1 Å². The number of fused-ring (bicyclic) bond motifs is 1. The van der Waals surface area contributed by atoms with E-state index in [1.54, 1.807) is 12.1 Å². The number of phenols is 1. The maximum atomic E-state index is 10.1. The summed E-state index contributed by atoms with van der Waals surface area (Å²) in [6.07, 6.45) is 0. The summed E-state index contributed by atoms with van der Waals surface area (Å²) in [7, 11) is 5.34. The lowest BCUT2D eigenvalue weighted by Crippen LogP contribution is -2.21. The van der Waals surface area contributed by atoms with Crippen LogP contribution in [0, 0.1) is 11.3 Å². The van der Waals surface area contributed by atoms with Crippen LogP contribution in [0.15, 0.2) is 46.3 Å². The van der Waals surface area contributed by atoms with Crippen molar-refractivity contribution in [3.63, 3.8) is 0 Å². The van der Waals surface area contributed by atoms with Gasteiger partial charge < -0.3 is 25.2 Å². The van der Waals surface area contributed by atoms with E-state index < -0.39 is 5.92 Å². The van der Waals surface area contributed by atoms with Gasteiger partial charge in [0.25, 0.3) is 0 Å². The third-order valence-corrected chi connectivity index (χ3v) is 4.93. The number of phenolic OH excluding ortho intramolecular Hbond substituents is 1. The molecule has 0 bridgehead atoms. The summed E-state index contributed by atoms with van der Waals surface area (Å²) in [5.74, 6) is 0.556. The molecule has 0 saturated carbocycles. The second-order valence-electron chi connectivity index (χ2n) is 6.09. The summed E-state index contributed by atoms with van der Waals surface area (Å²) in [4.78, 5) is 1.96. The highest BCUT2D eigenvalue weighted by Crippen LogP contribution is 2.46. The standard InChI is InChI=1S/C19H18BrN3O3/c1-23(2)11-4-5-12-15(8-11)26-19(22)13(9-21)17(12)10-6-14(20)18(24)16(7-10)25-3/h4-8,17,24H,22H2,1-3H3. The van der Waals surface area contributed by atoms with Crippen LogP contribution in [0.3, 0.4) is 0 Å². The van der Waals surface area contributed by atoms with Crippen LogP contribution in [0.1, 0.15) is 17.0 Å². The van der Waals surface area contributed by atoms with E-state index in [-0.39, 0.29) is 11.6 Å². The topological polar surface area (TPSA) is 91.7 Å². The number of halogens is 1. The molecular weight excluding hydrogens is 398 g/mol. The van der Waals surface area contributed by atoms with Crippen molar-refractivity contribution in [1.82, 2.24) is 0 Å². The first-order valence-electron chi connectivity index (χ1n) is 7.82. The fourth-order valence-corrected chi connectivity index (χ4v) is 3.44. The Morgan fingerprint density at radius 2 is 2.04 bits per heavy atom. The average Bonchev–Trinajstić information content (AvgIpc) is 2.62. The van der Waals surface area contributed by atoms with E-state index in [0.717, 1.165) is 16.8 Å². The minimum atomic E-state index is -0.425. The van der Waals surface area contributed by atoms with Crippen LogP contribution in [-0.2, 0) is 0 Å². The van der Waals surface area contributed by atoms with Gasteiger partial charge in [-0.3, -0.25) is 0 Å². The fourth-order valence-electron chi connectivity index (χ4n) is 2.98. The molecule has 2 aromatic rings. The SMILES string of the molecule is COc1cc(C2C(C#N)=C(N)Oc3cc(N(C)C)ccc32)cc(Br)c1O. The van der Waals surface area contributed by atoms with Gasteiger partial charge in [0.05, 0.1) is 17.5 Å². The lowest BCUT2D eigenvalue weighted by Gasteiger charge is -2.28. The Morgan fingerprint density at radius 3 is 2.65 bits per heavy atom. The Labute approximate surface area is 160 Å². The van der Waals surface area contributed by atoms with Gasteiger partial charge in [0.15, 0.2) is 11.5 Å². The lowest BCUT2D eigenvalue weighted by atomic mass is 9.83. The first-order valence-corrected chi connectivity index (χ1v) is 8.62. The molecule has 134 valence electrons. The number of nitrogens with two attached hydrogens (primary N) is 1. The minimum Gasteiger partial charge on any atom is -0.503 e. The van der Waals surface area contributed by atoms with Crippen LogP contribution in [0.25, 0.3) is 0 Å². The Morgan fingerprint density at radius 1 is 1.31 bits per heavy atom. The summed E-state index contributed by atoms with van der Waals surface area (Å²) in [5.41, 5.74) is 8.88. The van der Waals surface area contributed by atoms with Gasteiger partial charge in [-0.25, -0.2) is 0 Å². The highest BCUT2D eigenvalue weighted by atomic mass is 79.9. The molecule has 1 aliphatic rings. The van der Waals surface area contributed by atoms with E-state index in [2.05, 4.69) is 22.0 Å². The average molecular weight is 416 g/mol. The monoisotopic (exact) mass is 415 g/mol. The van der Waals surface area contributed by atoms with Crippen LogP contribution < -0.4 is 20.1 Å². The predicted octanol–water partition coefficient (Wildman–Crippen LogP) is 3.45. The number of benzene rings is 2. The molecular formula is C19H18BrN3O3. The van der Waals surface area contributed by atoms with Gasteiger partial charge >= 0.3 is 0 Å². The molecule has 0 aliphatic carbocycles. The molecule has 0 saturated heterocycles. The molecule has 0 amide bonds. The maximum absolute atomic E-state index is 10.1. The number of allylic oxidation sites excluding steroid dienone is 1. The van der Waals surface area contributed by atoms with Crippen molar-refractivity contribution in [2.24, 2.45) is 5.73 Å². The van der Waals surface area contributed by atoms with E-state index >= 15 is 0 Å². The molecule has 0 fully saturated rings. The Bertz CT molecular complexity index is 948. The van der Waals surface area contributed by atoms with E-state index in [1.165, 1.54) is 7.11 Å². The molecule has 1 heterocycles. The number of rotatable bonds is 3.